The zero-order valence-electron chi connectivity index (χ0n) is 12.4. The third-order valence-corrected chi connectivity index (χ3v) is 5.19. The molecule has 1 aromatic heterocycles. The summed E-state index contributed by atoms with van der Waals surface area (Å²) in [7, 11) is 1.55. The summed E-state index contributed by atoms with van der Waals surface area (Å²) in [5.74, 6) is -0.188. The molecule has 6 nitrogen and oxygen atoms in total. The van der Waals surface area contributed by atoms with E-state index in [4.69, 9.17) is 11.5 Å². The van der Waals surface area contributed by atoms with Crippen LogP contribution in [0.3, 0.4) is 0 Å². The van der Waals surface area contributed by atoms with Gasteiger partial charge < -0.3 is 21.7 Å². The van der Waals surface area contributed by atoms with Crippen LogP contribution in [0.1, 0.15) is 46.2 Å². The topological polar surface area (TPSA) is 101 Å². The molecule has 1 fully saturated rings. The zero-order chi connectivity index (χ0) is 15.6. The standard InChI is InChI=1S/C14H22N4O2S/c1-8-4-3-6-18(7-5-8)14-9(13(20)17-2)10(15)11(21-14)12(16)19/h8H,3-7,15H2,1-2H3,(H2,16,19)(H,17,20). The maximum absolute atomic E-state index is 12.1. The first-order valence-electron chi connectivity index (χ1n) is 7.14. The Bertz CT molecular complexity index is 555. The van der Waals surface area contributed by atoms with Gasteiger partial charge in [0.05, 0.1) is 11.3 Å². The molecule has 0 aliphatic carbocycles. The first-order chi connectivity index (χ1) is 9.95. The number of hydrogen-bond acceptors (Lipinski definition) is 5. The quantitative estimate of drug-likeness (QED) is 0.785. The van der Waals surface area contributed by atoms with Crippen LogP contribution in [0.2, 0.25) is 0 Å². The average molecular weight is 310 g/mol. The van der Waals surface area contributed by atoms with Gasteiger partial charge in [-0.2, -0.15) is 0 Å². The van der Waals surface area contributed by atoms with Gasteiger partial charge in [0.25, 0.3) is 11.8 Å². The van der Waals surface area contributed by atoms with Gasteiger partial charge in [-0.05, 0) is 25.2 Å². The molecule has 0 radical (unpaired) electrons. The molecule has 0 bridgehead atoms. The van der Waals surface area contributed by atoms with Crippen molar-refractivity contribution < 1.29 is 9.59 Å². The largest absolute Gasteiger partial charge is 0.397 e. The third kappa shape index (κ3) is 3.12. The summed E-state index contributed by atoms with van der Waals surface area (Å²) in [6.45, 7) is 3.97. The third-order valence-electron chi connectivity index (χ3n) is 3.91. The number of hydrogen-bond donors (Lipinski definition) is 3. The first-order valence-corrected chi connectivity index (χ1v) is 7.96. The Morgan fingerprint density at radius 1 is 1.33 bits per heavy atom. The van der Waals surface area contributed by atoms with Crippen LogP contribution in [0.5, 0.6) is 0 Å². The van der Waals surface area contributed by atoms with Gasteiger partial charge in [0.2, 0.25) is 0 Å². The molecule has 5 N–H and O–H groups in total. The van der Waals surface area contributed by atoms with Crippen molar-refractivity contribution in [2.75, 3.05) is 30.8 Å². The monoisotopic (exact) mass is 310 g/mol. The smallest absolute Gasteiger partial charge is 0.260 e. The van der Waals surface area contributed by atoms with E-state index in [0.29, 0.717) is 11.5 Å². The van der Waals surface area contributed by atoms with Crippen molar-refractivity contribution in [3.8, 4) is 0 Å². The Balaban J connectivity index is 2.43. The number of nitrogens with two attached hydrogens (primary N) is 2. The second-order valence-electron chi connectivity index (χ2n) is 5.49. The fourth-order valence-electron chi connectivity index (χ4n) is 2.65. The van der Waals surface area contributed by atoms with E-state index in [-0.39, 0.29) is 16.5 Å². The highest BCUT2D eigenvalue weighted by Gasteiger charge is 2.28. The number of primary amides is 1. The lowest BCUT2D eigenvalue weighted by Gasteiger charge is -2.22. The molecular weight excluding hydrogens is 288 g/mol. The number of thiophene rings is 1. The number of rotatable bonds is 3. The van der Waals surface area contributed by atoms with E-state index in [9.17, 15) is 9.59 Å². The van der Waals surface area contributed by atoms with Gasteiger partial charge >= 0.3 is 0 Å². The van der Waals surface area contributed by atoms with Crippen LogP contribution in [0, 0.1) is 5.92 Å². The van der Waals surface area contributed by atoms with Gasteiger partial charge in [0, 0.05) is 20.1 Å². The lowest BCUT2D eigenvalue weighted by Crippen LogP contribution is -2.27. The minimum absolute atomic E-state index is 0.194. The van der Waals surface area contributed by atoms with E-state index in [1.54, 1.807) is 7.05 Å². The van der Waals surface area contributed by atoms with Crippen molar-refractivity contribution in [2.45, 2.75) is 26.2 Å². The summed E-state index contributed by atoms with van der Waals surface area (Å²) in [4.78, 5) is 26.0. The average Bonchev–Trinajstić information content (AvgIpc) is 2.64. The van der Waals surface area contributed by atoms with Crippen LogP contribution in [0.4, 0.5) is 10.7 Å². The Morgan fingerprint density at radius 3 is 2.67 bits per heavy atom. The van der Waals surface area contributed by atoms with Crippen molar-refractivity contribution in [2.24, 2.45) is 11.7 Å². The molecule has 1 aromatic rings. The molecule has 1 aliphatic rings. The van der Waals surface area contributed by atoms with Gasteiger partial charge in [0.1, 0.15) is 9.88 Å². The molecule has 21 heavy (non-hydrogen) atoms. The highest BCUT2D eigenvalue weighted by molar-refractivity contribution is 7.19. The minimum atomic E-state index is -0.586. The predicted octanol–water partition coefficient (Wildman–Crippen LogP) is 1.42. The molecule has 2 amide bonds. The van der Waals surface area contributed by atoms with Gasteiger partial charge in [0.15, 0.2) is 0 Å². The maximum Gasteiger partial charge on any atom is 0.260 e. The van der Waals surface area contributed by atoms with Crippen molar-refractivity contribution in [3.63, 3.8) is 0 Å². The Kier molecular flexibility index (Phi) is 4.72. The van der Waals surface area contributed by atoms with Crippen LogP contribution < -0.4 is 21.7 Å². The van der Waals surface area contributed by atoms with E-state index in [0.717, 1.165) is 30.9 Å². The molecule has 2 heterocycles. The number of amides is 2. The minimum Gasteiger partial charge on any atom is -0.397 e. The van der Waals surface area contributed by atoms with E-state index in [1.165, 1.54) is 17.8 Å². The Hall–Kier alpha value is -1.76. The van der Waals surface area contributed by atoms with E-state index in [2.05, 4.69) is 17.1 Å². The van der Waals surface area contributed by atoms with Crippen molar-refractivity contribution in [3.05, 3.63) is 10.4 Å². The number of nitrogens with one attached hydrogen (secondary N) is 1. The molecule has 1 saturated heterocycles. The van der Waals surface area contributed by atoms with Crippen molar-refractivity contribution in [1.82, 2.24) is 5.32 Å². The first kappa shape index (κ1) is 15.6. The number of carbonyl (C=O) groups is 2. The van der Waals surface area contributed by atoms with Crippen LogP contribution in [0.15, 0.2) is 0 Å². The highest BCUT2D eigenvalue weighted by Crippen LogP contribution is 2.39. The predicted molar refractivity (Wildman–Crippen MR) is 85.9 cm³/mol. The summed E-state index contributed by atoms with van der Waals surface area (Å²) in [5.41, 5.74) is 11.9. The molecule has 7 heteroatoms. The van der Waals surface area contributed by atoms with Gasteiger partial charge in [-0.25, -0.2) is 0 Å². The van der Waals surface area contributed by atoms with E-state index < -0.39 is 5.91 Å². The summed E-state index contributed by atoms with van der Waals surface area (Å²) in [5, 5.41) is 3.35. The summed E-state index contributed by atoms with van der Waals surface area (Å²) in [6, 6.07) is 0. The number of nitrogen functional groups attached to an aromatic ring is 1. The lowest BCUT2D eigenvalue weighted by molar-refractivity contribution is 0.0964. The summed E-state index contributed by atoms with van der Waals surface area (Å²) < 4.78 is 0. The van der Waals surface area contributed by atoms with E-state index >= 15 is 0 Å². The SMILES string of the molecule is CNC(=O)c1c(N2CCCC(C)CC2)sc(C(N)=O)c1N. The van der Waals surface area contributed by atoms with Crippen LogP contribution in [-0.4, -0.2) is 32.0 Å². The molecule has 1 aliphatic heterocycles. The number of anilines is 2. The van der Waals surface area contributed by atoms with Crippen LogP contribution in [-0.2, 0) is 0 Å². The summed E-state index contributed by atoms with van der Waals surface area (Å²) >= 11 is 1.22. The van der Waals surface area contributed by atoms with Gasteiger partial charge in [-0.15, -0.1) is 11.3 Å². The van der Waals surface area contributed by atoms with Gasteiger partial charge in [-0.1, -0.05) is 6.92 Å². The molecule has 0 saturated carbocycles. The molecule has 0 spiro atoms. The Labute approximate surface area is 128 Å². The normalized spacial score (nSPS) is 19.1. The lowest BCUT2D eigenvalue weighted by atomic mass is 10.0. The fraction of sp³-hybridized carbons (Fsp3) is 0.571. The van der Waals surface area contributed by atoms with Crippen LogP contribution in [0.25, 0.3) is 0 Å². The molecule has 1 unspecified atom stereocenters. The molecule has 116 valence electrons. The van der Waals surface area contributed by atoms with Gasteiger partial charge in [-0.3, -0.25) is 9.59 Å². The van der Waals surface area contributed by atoms with Crippen molar-refractivity contribution >= 4 is 33.8 Å². The van der Waals surface area contributed by atoms with Crippen LogP contribution >= 0.6 is 11.3 Å². The maximum atomic E-state index is 12.1. The Morgan fingerprint density at radius 2 is 2.05 bits per heavy atom. The molecule has 1 atom stereocenters. The molecule has 2 rings (SSSR count). The van der Waals surface area contributed by atoms with E-state index in [1.807, 2.05) is 0 Å². The zero-order valence-corrected chi connectivity index (χ0v) is 13.3. The molecule has 0 aromatic carbocycles. The van der Waals surface area contributed by atoms with Crippen molar-refractivity contribution in [1.29, 1.82) is 0 Å². The number of nitrogens with zero attached hydrogens (tertiary/aromatic N) is 1. The summed E-state index contributed by atoms with van der Waals surface area (Å²) in [6.07, 6.45) is 3.31. The fourth-order valence-corrected chi connectivity index (χ4v) is 3.77. The highest BCUT2D eigenvalue weighted by atomic mass is 32.1. The second-order valence-corrected chi connectivity index (χ2v) is 6.49. The second kappa shape index (κ2) is 6.34. The molecular formula is C14H22N4O2S. The number of carbonyl (C=O) groups excluding carboxylic acids is 2.